The van der Waals surface area contributed by atoms with Gasteiger partial charge in [-0.3, -0.25) is 4.90 Å². The maximum atomic E-state index is 12.7. The molecule has 124 valence electrons. The van der Waals surface area contributed by atoms with Crippen LogP contribution in [0, 0.1) is 6.92 Å². The molecule has 2 nitrogen and oxygen atoms in total. The van der Waals surface area contributed by atoms with Gasteiger partial charge in [-0.2, -0.15) is 13.2 Å². The average Bonchev–Trinajstić information content (AvgIpc) is 3.10. The smallest absolute Gasteiger partial charge is 0.315 e. The van der Waals surface area contributed by atoms with Gasteiger partial charge < -0.3 is 5.32 Å². The van der Waals surface area contributed by atoms with E-state index in [0.717, 1.165) is 37.2 Å². The molecule has 1 N–H and O–H groups in total. The van der Waals surface area contributed by atoms with Crippen LogP contribution in [0.3, 0.4) is 0 Å². The quantitative estimate of drug-likeness (QED) is 0.902. The predicted molar refractivity (Wildman–Crippen MR) is 83.3 cm³/mol. The van der Waals surface area contributed by atoms with Crippen molar-refractivity contribution in [3.8, 4) is 0 Å². The van der Waals surface area contributed by atoms with Crippen molar-refractivity contribution in [2.45, 2.75) is 51.0 Å². The number of hydrogen-bond donors (Lipinski definition) is 1. The topological polar surface area (TPSA) is 15.3 Å². The van der Waals surface area contributed by atoms with Crippen LogP contribution in [-0.4, -0.2) is 30.1 Å². The lowest BCUT2D eigenvalue weighted by atomic mass is 10.0. The summed E-state index contributed by atoms with van der Waals surface area (Å²) >= 11 is 0. The zero-order valence-electron chi connectivity index (χ0n) is 12.6. The number of nitrogens with zero attached hydrogens (tertiary/aromatic N) is 1. The number of aryl methyl sites for hydroxylation is 1. The Hall–Kier alpha value is -0.780. The van der Waals surface area contributed by atoms with Gasteiger partial charge in [-0.15, -0.1) is 12.4 Å². The van der Waals surface area contributed by atoms with Crippen LogP contribution in [0.5, 0.6) is 0 Å². The molecule has 1 saturated carbocycles. The fourth-order valence-corrected chi connectivity index (χ4v) is 3.13. The second-order valence-corrected chi connectivity index (χ2v) is 6.19. The van der Waals surface area contributed by atoms with E-state index in [2.05, 4.69) is 10.2 Å². The molecule has 3 rings (SSSR count). The summed E-state index contributed by atoms with van der Waals surface area (Å²) < 4.78 is 38.2. The summed E-state index contributed by atoms with van der Waals surface area (Å²) in [5, 5.41) is 3.37. The Kier molecular flexibility index (Phi) is 5.41. The average molecular weight is 335 g/mol. The number of alkyl halides is 3. The standard InChI is InChI=1S/C16H21F3N2.ClH/c1-11-8-13(16(17,18)19)3-2-12(11)10-21(14-4-5-14)15-6-7-20-9-15;/h2-3,8,14-15,20H,4-7,9-10H2,1H3;1H. The van der Waals surface area contributed by atoms with Crippen molar-refractivity contribution in [1.29, 1.82) is 0 Å². The molecule has 0 radical (unpaired) electrons. The molecule has 1 heterocycles. The molecule has 0 spiro atoms. The first-order valence-corrected chi connectivity index (χ1v) is 7.58. The normalized spacial score (nSPS) is 22.0. The van der Waals surface area contributed by atoms with Gasteiger partial charge in [0, 0.05) is 25.2 Å². The third-order valence-electron chi connectivity index (χ3n) is 4.54. The summed E-state index contributed by atoms with van der Waals surface area (Å²) in [7, 11) is 0. The van der Waals surface area contributed by atoms with Gasteiger partial charge >= 0.3 is 6.18 Å². The van der Waals surface area contributed by atoms with Gasteiger partial charge in [-0.05, 0) is 56.0 Å². The highest BCUT2D eigenvalue weighted by molar-refractivity contribution is 5.85. The number of nitrogens with one attached hydrogen (secondary N) is 1. The molecule has 1 aromatic rings. The third-order valence-corrected chi connectivity index (χ3v) is 4.54. The second kappa shape index (κ2) is 6.77. The minimum absolute atomic E-state index is 0. The largest absolute Gasteiger partial charge is 0.416 e. The van der Waals surface area contributed by atoms with E-state index in [0.29, 0.717) is 12.1 Å². The summed E-state index contributed by atoms with van der Waals surface area (Å²) in [6.45, 7) is 4.58. The van der Waals surface area contributed by atoms with Crippen LogP contribution in [0.25, 0.3) is 0 Å². The van der Waals surface area contributed by atoms with Crippen molar-refractivity contribution in [2.24, 2.45) is 0 Å². The van der Waals surface area contributed by atoms with Gasteiger partial charge in [0.15, 0.2) is 0 Å². The SMILES string of the molecule is Cc1cc(C(F)(F)F)ccc1CN(C1CC1)C1CCNC1.Cl. The molecule has 1 atom stereocenters. The molecule has 0 aromatic heterocycles. The van der Waals surface area contributed by atoms with Crippen molar-refractivity contribution < 1.29 is 13.2 Å². The van der Waals surface area contributed by atoms with Gasteiger partial charge in [-0.1, -0.05) is 6.07 Å². The number of rotatable bonds is 4. The molecule has 2 fully saturated rings. The van der Waals surface area contributed by atoms with E-state index in [4.69, 9.17) is 0 Å². The fourth-order valence-electron chi connectivity index (χ4n) is 3.13. The van der Waals surface area contributed by atoms with Gasteiger partial charge in [0.05, 0.1) is 5.56 Å². The fraction of sp³-hybridized carbons (Fsp3) is 0.625. The summed E-state index contributed by atoms with van der Waals surface area (Å²) in [5.41, 5.74) is 1.20. The highest BCUT2D eigenvalue weighted by Crippen LogP contribution is 2.34. The predicted octanol–water partition coefficient (Wildman–Crippen LogP) is 3.76. The van der Waals surface area contributed by atoms with Crippen LogP contribution >= 0.6 is 12.4 Å². The number of halogens is 4. The molecule has 1 aliphatic heterocycles. The van der Waals surface area contributed by atoms with Crippen molar-refractivity contribution in [3.05, 3.63) is 34.9 Å². The lowest BCUT2D eigenvalue weighted by molar-refractivity contribution is -0.137. The summed E-state index contributed by atoms with van der Waals surface area (Å²) in [6, 6.07) is 5.28. The van der Waals surface area contributed by atoms with E-state index in [-0.39, 0.29) is 12.4 Å². The van der Waals surface area contributed by atoms with E-state index >= 15 is 0 Å². The van der Waals surface area contributed by atoms with Crippen molar-refractivity contribution >= 4 is 12.4 Å². The van der Waals surface area contributed by atoms with Crippen LogP contribution in [0.2, 0.25) is 0 Å². The lowest BCUT2D eigenvalue weighted by Gasteiger charge is -2.29. The molecule has 0 bridgehead atoms. The highest BCUT2D eigenvalue weighted by atomic mass is 35.5. The molecule has 6 heteroatoms. The van der Waals surface area contributed by atoms with Crippen molar-refractivity contribution in [1.82, 2.24) is 10.2 Å². The zero-order valence-corrected chi connectivity index (χ0v) is 13.4. The van der Waals surface area contributed by atoms with E-state index < -0.39 is 11.7 Å². The first-order chi connectivity index (χ1) is 9.95. The maximum absolute atomic E-state index is 12.7. The number of benzene rings is 1. The van der Waals surface area contributed by atoms with E-state index in [9.17, 15) is 13.2 Å². The number of hydrogen-bond acceptors (Lipinski definition) is 2. The maximum Gasteiger partial charge on any atom is 0.416 e. The van der Waals surface area contributed by atoms with Gasteiger partial charge in [0.25, 0.3) is 0 Å². The van der Waals surface area contributed by atoms with E-state index in [1.54, 1.807) is 13.0 Å². The zero-order chi connectivity index (χ0) is 15.0. The monoisotopic (exact) mass is 334 g/mol. The molecule has 2 aliphatic rings. The second-order valence-electron chi connectivity index (χ2n) is 6.19. The van der Waals surface area contributed by atoms with Crippen LogP contribution in [0.4, 0.5) is 13.2 Å². The van der Waals surface area contributed by atoms with Crippen LogP contribution < -0.4 is 5.32 Å². The summed E-state index contributed by atoms with van der Waals surface area (Å²) in [5.74, 6) is 0. The minimum atomic E-state index is -4.26. The Bertz CT molecular complexity index is 509. The van der Waals surface area contributed by atoms with E-state index in [1.165, 1.54) is 25.0 Å². The Balaban J connectivity index is 0.00000176. The Labute approximate surface area is 135 Å². The molecule has 1 saturated heterocycles. The lowest BCUT2D eigenvalue weighted by Crippen LogP contribution is -2.38. The van der Waals surface area contributed by atoms with E-state index in [1.807, 2.05) is 0 Å². The first-order valence-electron chi connectivity index (χ1n) is 7.58. The molecule has 1 aliphatic carbocycles. The molecule has 1 unspecified atom stereocenters. The molecule has 22 heavy (non-hydrogen) atoms. The molecule has 1 aromatic carbocycles. The highest BCUT2D eigenvalue weighted by Gasteiger charge is 2.35. The van der Waals surface area contributed by atoms with Crippen LogP contribution in [0.15, 0.2) is 18.2 Å². The van der Waals surface area contributed by atoms with Crippen LogP contribution in [-0.2, 0) is 12.7 Å². The molecular formula is C16H22ClF3N2. The summed E-state index contributed by atoms with van der Waals surface area (Å²) in [6.07, 6.45) is -0.683. The Morgan fingerprint density at radius 1 is 1.18 bits per heavy atom. The van der Waals surface area contributed by atoms with Gasteiger partial charge in [0.1, 0.15) is 0 Å². The molecular weight excluding hydrogens is 313 g/mol. The first kappa shape index (κ1) is 17.6. The third kappa shape index (κ3) is 3.94. The van der Waals surface area contributed by atoms with Crippen molar-refractivity contribution in [2.75, 3.05) is 13.1 Å². The van der Waals surface area contributed by atoms with Gasteiger partial charge in [0.2, 0.25) is 0 Å². The van der Waals surface area contributed by atoms with Crippen molar-refractivity contribution in [3.63, 3.8) is 0 Å². The molecule has 0 amide bonds. The minimum Gasteiger partial charge on any atom is -0.315 e. The Morgan fingerprint density at radius 2 is 1.91 bits per heavy atom. The Morgan fingerprint density at radius 3 is 2.41 bits per heavy atom. The van der Waals surface area contributed by atoms with Crippen LogP contribution in [0.1, 0.15) is 36.0 Å². The van der Waals surface area contributed by atoms with Gasteiger partial charge in [-0.25, -0.2) is 0 Å². The summed E-state index contributed by atoms with van der Waals surface area (Å²) in [4.78, 5) is 2.48.